The summed E-state index contributed by atoms with van der Waals surface area (Å²) in [5.74, 6) is 0.765. The first-order chi connectivity index (χ1) is 8.01. The van der Waals surface area contributed by atoms with Crippen molar-refractivity contribution in [2.75, 3.05) is 19.5 Å². The van der Waals surface area contributed by atoms with E-state index in [1.165, 1.54) is 0 Å². The van der Waals surface area contributed by atoms with Crippen LogP contribution in [0.4, 0.5) is 5.69 Å². The van der Waals surface area contributed by atoms with E-state index in [4.69, 9.17) is 4.74 Å². The lowest BCUT2D eigenvalue weighted by Gasteiger charge is -2.16. The van der Waals surface area contributed by atoms with Gasteiger partial charge in [0.2, 0.25) is 5.91 Å². The van der Waals surface area contributed by atoms with Crippen LogP contribution >= 0.6 is 0 Å². The van der Waals surface area contributed by atoms with Gasteiger partial charge in [0, 0.05) is 11.3 Å². The van der Waals surface area contributed by atoms with Crippen molar-refractivity contribution in [2.45, 2.75) is 26.8 Å². The molecule has 1 amide bonds. The molecule has 0 aliphatic carbocycles. The Balaban J connectivity index is 2.97. The Morgan fingerprint density at radius 3 is 2.53 bits per heavy atom. The second-order valence-electron chi connectivity index (χ2n) is 4.09. The number of aryl methyl sites for hydroxylation is 1. The van der Waals surface area contributed by atoms with E-state index < -0.39 is 0 Å². The van der Waals surface area contributed by atoms with Crippen LogP contribution in [0.25, 0.3) is 0 Å². The molecule has 1 aromatic carbocycles. The van der Waals surface area contributed by atoms with Gasteiger partial charge >= 0.3 is 0 Å². The maximum absolute atomic E-state index is 11.8. The average molecular weight is 236 g/mol. The van der Waals surface area contributed by atoms with Gasteiger partial charge in [-0.2, -0.15) is 0 Å². The molecule has 2 N–H and O–H groups in total. The predicted octanol–water partition coefficient (Wildman–Crippen LogP) is 1.86. The van der Waals surface area contributed by atoms with E-state index in [1.54, 1.807) is 14.2 Å². The molecule has 4 nitrogen and oxygen atoms in total. The van der Waals surface area contributed by atoms with Gasteiger partial charge in [0.25, 0.3) is 0 Å². The molecule has 0 heterocycles. The Labute approximate surface area is 102 Å². The number of nitrogens with one attached hydrogen (secondary N) is 2. The first kappa shape index (κ1) is 13.5. The summed E-state index contributed by atoms with van der Waals surface area (Å²) in [6.45, 7) is 5.73. The predicted molar refractivity (Wildman–Crippen MR) is 69.6 cm³/mol. The standard InChI is InChI=1S/C13H20N2O2/c1-8-6-7-11(9(2)12(8)17-5)15-13(16)10(3)14-4/h6-7,10,14H,1-5H3,(H,15,16). The molecule has 1 rings (SSSR count). The van der Waals surface area contributed by atoms with E-state index in [0.29, 0.717) is 0 Å². The number of ether oxygens (including phenoxy) is 1. The highest BCUT2D eigenvalue weighted by atomic mass is 16.5. The molecular weight excluding hydrogens is 216 g/mol. The number of likely N-dealkylation sites (N-methyl/N-ethyl adjacent to an activating group) is 1. The van der Waals surface area contributed by atoms with E-state index in [1.807, 2.05) is 32.9 Å². The van der Waals surface area contributed by atoms with Crippen LogP contribution in [0.5, 0.6) is 5.75 Å². The van der Waals surface area contributed by atoms with Crippen LogP contribution in [0.3, 0.4) is 0 Å². The second kappa shape index (κ2) is 5.68. The Morgan fingerprint density at radius 2 is 2.00 bits per heavy atom. The largest absolute Gasteiger partial charge is 0.496 e. The zero-order valence-corrected chi connectivity index (χ0v) is 11.0. The van der Waals surface area contributed by atoms with Crippen LogP contribution in [0, 0.1) is 13.8 Å². The van der Waals surface area contributed by atoms with Gasteiger partial charge in [-0.05, 0) is 39.4 Å². The fourth-order valence-corrected chi connectivity index (χ4v) is 1.65. The number of carbonyl (C=O) groups excluding carboxylic acids is 1. The van der Waals surface area contributed by atoms with Crippen molar-refractivity contribution in [1.82, 2.24) is 5.32 Å². The lowest BCUT2D eigenvalue weighted by molar-refractivity contribution is -0.117. The molecule has 1 unspecified atom stereocenters. The number of benzene rings is 1. The molecular formula is C13H20N2O2. The third-order valence-electron chi connectivity index (χ3n) is 2.89. The van der Waals surface area contributed by atoms with Crippen molar-refractivity contribution in [1.29, 1.82) is 0 Å². The third kappa shape index (κ3) is 2.97. The molecule has 17 heavy (non-hydrogen) atoms. The molecule has 0 aliphatic rings. The second-order valence-corrected chi connectivity index (χ2v) is 4.09. The monoisotopic (exact) mass is 236 g/mol. The van der Waals surface area contributed by atoms with E-state index in [0.717, 1.165) is 22.6 Å². The highest BCUT2D eigenvalue weighted by molar-refractivity contribution is 5.95. The molecule has 4 heteroatoms. The Hall–Kier alpha value is -1.55. The average Bonchev–Trinajstić information content (AvgIpc) is 2.32. The summed E-state index contributed by atoms with van der Waals surface area (Å²) in [6, 6.07) is 3.61. The molecule has 0 aliphatic heterocycles. The molecule has 0 fully saturated rings. The Morgan fingerprint density at radius 1 is 1.35 bits per heavy atom. The molecule has 94 valence electrons. The molecule has 0 aromatic heterocycles. The number of hydrogen-bond donors (Lipinski definition) is 2. The fraction of sp³-hybridized carbons (Fsp3) is 0.462. The number of carbonyl (C=O) groups is 1. The minimum atomic E-state index is -0.221. The SMILES string of the molecule is CNC(C)C(=O)Nc1ccc(C)c(OC)c1C. The van der Waals surface area contributed by atoms with Crippen molar-refractivity contribution < 1.29 is 9.53 Å². The van der Waals surface area contributed by atoms with E-state index >= 15 is 0 Å². The topological polar surface area (TPSA) is 50.4 Å². The van der Waals surface area contributed by atoms with Crippen molar-refractivity contribution in [3.63, 3.8) is 0 Å². The summed E-state index contributed by atoms with van der Waals surface area (Å²) in [5, 5.41) is 5.78. The van der Waals surface area contributed by atoms with Gasteiger partial charge in [0.05, 0.1) is 13.2 Å². The molecule has 0 saturated carbocycles. The summed E-state index contributed by atoms with van der Waals surface area (Å²) in [4.78, 5) is 11.8. The van der Waals surface area contributed by atoms with Gasteiger partial charge in [-0.1, -0.05) is 6.07 Å². The van der Waals surface area contributed by atoms with E-state index in [2.05, 4.69) is 10.6 Å². The summed E-state index contributed by atoms with van der Waals surface area (Å²) >= 11 is 0. The molecule has 0 saturated heterocycles. The van der Waals surface area contributed by atoms with E-state index in [-0.39, 0.29) is 11.9 Å². The lowest BCUT2D eigenvalue weighted by atomic mass is 10.1. The molecule has 1 aromatic rings. The number of anilines is 1. The highest BCUT2D eigenvalue weighted by Crippen LogP contribution is 2.29. The van der Waals surface area contributed by atoms with Gasteiger partial charge in [0.1, 0.15) is 5.75 Å². The van der Waals surface area contributed by atoms with Gasteiger partial charge in [-0.3, -0.25) is 4.79 Å². The summed E-state index contributed by atoms with van der Waals surface area (Å²) < 4.78 is 5.32. The zero-order valence-electron chi connectivity index (χ0n) is 11.0. The zero-order chi connectivity index (χ0) is 13.0. The highest BCUT2D eigenvalue weighted by Gasteiger charge is 2.13. The normalized spacial score (nSPS) is 12.1. The lowest BCUT2D eigenvalue weighted by Crippen LogP contribution is -2.35. The fourth-order valence-electron chi connectivity index (χ4n) is 1.65. The molecule has 1 atom stereocenters. The molecule has 0 bridgehead atoms. The van der Waals surface area contributed by atoms with Crippen LogP contribution in [0.2, 0.25) is 0 Å². The minimum absolute atomic E-state index is 0.0542. The van der Waals surface area contributed by atoms with Crippen molar-refractivity contribution >= 4 is 11.6 Å². The number of amides is 1. The summed E-state index contributed by atoms with van der Waals surface area (Å²) in [7, 11) is 3.39. The number of hydrogen-bond acceptors (Lipinski definition) is 3. The van der Waals surface area contributed by atoms with Crippen molar-refractivity contribution in [2.24, 2.45) is 0 Å². The quantitative estimate of drug-likeness (QED) is 0.839. The molecule has 0 spiro atoms. The van der Waals surface area contributed by atoms with Crippen molar-refractivity contribution in [3.05, 3.63) is 23.3 Å². The number of methoxy groups -OCH3 is 1. The summed E-state index contributed by atoms with van der Waals surface area (Å²) in [6.07, 6.45) is 0. The first-order valence-electron chi connectivity index (χ1n) is 5.63. The Kier molecular flexibility index (Phi) is 4.52. The smallest absolute Gasteiger partial charge is 0.241 e. The maximum atomic E-state index is 11.8. The van der Waals surface area contributed by atoms with Gasteiger partial charge < -0.3 is 15.4 Å². The third-order valence-corrected chi connectivity index (χ3v) is 2.89. The van der Waals surface area contributed by atoms with E-state index in [9.17, 15) is 4.79 Å². The van der Waals surface area contributed by atoms with Crippen LogP contribution in [0.15, 0.2) is 12.1 Å². The minimum Gasteiger partial charge on any atom is -0.496 e. The van der Waals surface area contributed by atoms with Crippen LogP contribution in [-0.4, -0.2) is 26.1 Å². The molecule has 0 radical (unpaired) electrons. The van der Waals surface area contributed by atoms with Crippen LogP contribution < -0.4 is 15.4 Å². The van der Waals surface area contributed by atoms with Gasteiger partial charge in [-0.25, -0.2) is 0 Å². The first-order valence-corrected chi connectivity index (χ1v) is 5.63. The number of rotatable bonds is 4. The van der Waals surface area contributed by atoms with Gasteiger partial charge in [-0.15, -0.1) is 0 Å². The van der Waals surface area contributed by atoms with Crippen LogP contribution in [0.1, 0.15) is 18.1 Å². The summed E-state index contributed by atoms with van der Waals surface area (Å²) in [5.41, 5.74) is 2.80. The van der Waals surface area contributed by atoms with Gasteiger partial charge in [0.15, 0.2) is 0 Å². The van der Waals surface area contributed by atoms with Crippen LogP contribution in [-0.2, 0) is 4.79 Å². The Bertz CT molecular complexity index is 416. The van der Waals surface area contributed by atoms with Crippen molar-refractivity contribution in [3.8, 4) is 5.75 Å². The maximum Gasteiger partial charge on any atom is 0.241 e.